The fourth-order valence-corrected chi connectivity index (χ4v) is 2.26. The van der Waals surface area contributed by atoms with E-state index in [0.717, 1.165) is 27.0 Å². The van der Waals surface area contributed by atoms with Crippen molar-refractivity contribution in [2.75, 3.05) is 12.4 Å². The minimum Gasteiger partial charge on any atom is -0.357 e. The molecule has 0 amide bonds. The molecule has 0 saturated heterocycles. The van der Waals surface area contributed by atoms with Gasteiger partial charge in [0.15, 0.2) is 11.3 Å². The highest BCUT2D eigenvalue weighted by atomic mass is 79.9. The lowest BCUT2D eigenvalue weighted by atomic mass is 10.3. The first-order chi connectivity index (χ1) is 8.20. The maximum Gasteiger partial charge on any atom is 0.224 e. The van der Waals surface area contributed by atoms with Crippen molar-refractivity contribution in [2.24, 2.45) is 0 Å². The van der Waals surface area contributed by atoms with E-state index in [0.29, 0.717) is 5.95 Å². The largest absolute Gasteiger partial charge is 0.357 e. The van der Waals surface area contributed by atoms with Crippen molar-refractivity contribution in [1.82, 2.24) is 24.6 Å². The molecule has 0 aromatic carbocycles. The van der Waals surface area contributed by atoms with E-state index in [4.69, 9.17) is 0 Å². The van der Waals surface area contributed by atoms with Crippen LogP contribution in [0.25, 0.3) is 16.7 Å². The average molecular weight is 293 g/mol. The van der Waals surface area contributed by atoms with Crippen LogP contribution in [0.3, 0.4) is 0 Å². The lowest BCUT2D eigenvalue weighted by Gasteiger charge is -2.05. The van der Waals surface area contributed by atoms with Crippen molar-refractivity contribution in [2.45, 2.75) is 6.92 Å². The van der Waals surface area contributed by atoms with Crippen molar-refractivity contribution in [3.05, 3.63) is 22.6 Å². The second-order valence-corrected chi connectivity index (χ2v) is 4.48. The number of anilines is 1. The van der Waals surface area contributed by atoms with Gasteiger partial charge in [-0.3, -0.25) is 4.40 Å². The molecule has 0 bridgehead atoms. The fourth-order valence-electron chi connectivity index (χ4n) is 1.76. The Bertz CT molecular complexity index is 719. The van der Waals surface area contributed by atoms with Crippen molar-refractivity contribution >= 4 is 38.6 Å². The van der Waals surface area contributed by atoms with Gasteiger partial charge >= 0.3 is 0 Å². The predicted octanol–water partition coefficient (Wildman–Crippen LogP) is 1.79. The standard InChI is InChI=1S/C10H9BrN6/c1-5-15-16-9-7(11)3-6-4-13-10(12-2)14-8(6)17(5)9/h3-4H,1-2H3,(H,12,13,14). The molecule has 0 spiro atoms. The lowest BCUT2D eigenvalue weighted by molar-refractivity contribution is 1.01. The van der Waals surface area contributed by atoms with E-state index in [1.165, 1.54) is 0 Å². The highest BCUT2D eigenvalue weighted by Gasteiger charge is 2.11. The molecule has 7 heteroatoms. The molecule has 0 aliphatic rings. The molecule has 6 nitrogen and oxygen atoms in total. The van der Waals surface area contributed by atoms with Crippen LogP contribution >= 0.6 is 15.9 Å². The number of aromatic nitrogens is 5. The van der Waals surface area contributed by atoms with Crippen LogP contribution in [-0.2, 0) is 0 Å². The quantitative estimate of drug-likeness (QED) is 0.740. The minimum absolute atomic E-state index is 0.578. The van der Waals surface area contributed by atoms with Gasteiger partial charge in [0, 0.05) is 18.6 Å². The van der Waals surface area contributed by atoms with E-state index in [1.54, 1.807) is 13.2 Å². The second-order valence-electron chi connectivity index (χ2n) is 3.62. The number of pyridine rings is 1. The molecule has 0 fully saturated rings. The van der Waals surface area contributed by atoms with E-state index >= 15 is 0 Å². The molecule has 0 unspecified atom stereocenters. The van der Waals surface area contributed by atoms with Crippen molar-refractivity contribution in [1.29, 1.82) is 0 Å². The molecule has 17 heavy (non-hydrogen) atoms. The molecule has 3 aromatic rings. The van der Waals surface area contributed by atoms with Gasteiger partial charge in [-0.25, -0.2) is 4.98 Å². The van der Waals surface area contributed by atoms with Crippen LogP contribution in [0.2, 0.25) is 0 Å². The number of nitrogens with one attached hydrogen (secondary N) is 1. The Morgan fingerprint density at radius 1 is 1.29 bits per heavy atom. The molecule has 0 saturated carbocycles. The SMILES string of the molecule is CNc1ncc2cc(Br)c3nnc(C)n3c2n1. The monoisotopic (exact) mass is 292 g/mol. The number of hydrogen-bond acceptors (Lipinski definition) is 5. The van der Waals surface area contributed by atoms with E-state index < -0.39 is 0 Å². The summed E-state index contributed by atoms with van der Waals surface area (Å²) in [5.41, 5.74) is 1.56. The summed E-state index contributed by atoms with van der Waals surface area (Å²) in [6.07, 6.45) is 1.78. The van der Waals surface area contributed by atoms with Gasteiger partial charge in [0.1, 0.15) is 5.82 Å². The Morgan fingerprint density at radius 2 is 2.12 bits per heavy atom. The predicted molar refractivity (Wildman–Crippen MR) is 68.1 cm³/mol. The Kier molecular flexibility index (Phi) is 2.22. The van der Waals surface area contributed by atoms with Gasteiger partial charge in [-0.1, -0.05) is 0 Å². The first kappa shape index (κ1) is 10.4. The van der Waals surface area contributed by atoms with Crippen LogP contribution in [0.5, 0.6) is 0 Å². The Hall–Kier alpha value is -1.76. The maximum atomic E-state index is 4.44. The maximum absolute atomic E-state index is 4.44. The van der Waals surface area contributed by atoms with E-state index in [-0.39, 0.29) is 0 Å². The number of rotatable bonds is 1. The molecule has 1 N–H and O–H groups in total. The summed E-state index contributed by atoms with van der Waals surface area (Å²) in [5, 5.41) is 12.0. The third kappa shape index (κ3) is 1.46. The van der Waals surface area contributed by atoms with Crippen LogP contribution in [-0.4, -0.2) is 31.6 Å². The normalized spacial score (nSPS) is 11.2. The summed E-state index contributed by atoms with van der Waals surface area (Å²) in [4.78, 5) is 8.63. The zero-order chi connectivity index (χ0) is 12.0. The van der Waals surface area contributed by atoms with Gasteiger partial charge in [-0.15, -0.1) is 10.2 Å². The van der Waals surface area contributed by atoms with Crippen LogP contribution in [0.15, 0.2) is 16.7 Å². The number of fused-ring (bicyclic) bond motifs is 3. The number of halogens is 1. The third-order valence-corrected chi connectivity index (χ3v) is 3.14. The van der Waals surface area contributed by atoms with Gasteiger partial charge in [0.2, 0.25) is 5.95 Å². The lowest BCUT2D eigenvalue weighted by Crippen LogP contribution is -2.00. The third-order valence-electron chi connectivity index (χ3n) is 2.55. The van der Waals surface area contributed by atoms with Gasteiger partial charge < -0.3 is 5.32 Å². The summed E-state index contributed by atoms with van der Waals surface area (Å²) >= 11 is 3.47. The molecular formula is C10H9BrN6. The Labute approximate surface area is 105 Å². The molecule has 3 heterocycles. The van der Waals surface area contributed by atoms with Crippen molar-refractivity contribution in [3.8, 4) is 0 Å². The van der Waals surface area contributed by atoms with Crippen LogP contribution in [0.4, 0.5) is 5.95 Å². The summed E-state index contributed by atoms with van der Waals surface area (Å²) in [6, 6.07) is 1.94. The number of hydrogen-bond donors (Lipinski definition) is 1. The Balaban J connectivity index is 2.54. The second kappa shape index (κ2) is 3.63. The van der Waals surface area contributed by atoms with Crippen molar-refractivity contribution in [3.63, 3.8) is 0 Å². The van der Waals surface area contributed by atoms with Gasteiger partial charge in [-0.2, -0.15) is 4.98 Å². The molecule has 3 rings (SSSR count). The summed E-state index contributed by atoms with van der Waals surface area (Å²) in [5.74, 6) is 1.38. The van der Waals surface area contributed by atoms with Gasteiger partial charge in [-0.05, 0) is 28.9 Å². The molecule has 86 valence electrons. The molecule has 0 radical (unpaired) electrons. The van der Waals surface area contributed by atoms with E-state index in [9.17, 15) is 0 Å². The highest BCUT2D eigenvalue weighted by molar-refractivity contribution is 9.10. The molecule has 3 aromatic heterocycles. The smallest absolute Gasteiger partial charge is 0.224 e. The highest BCUT2D eigenvalue weighted by Crippen LogP contribution is 2.24. The van der Waals surface area contributed by atoms with E-state index in [2.05, 4.69) is 41.4 Å². The van der Waals surface area contributed by atoms with Gasteiger partial charge in [0.25, 0.3) is 0 Å². The Morgan fingerprint density at radius 3 is 2.88 bits per heavy atom. The number of aryl methyl sites for hydroxylation is 1. The molecular weight excluding hydrogens is 284 g/mol. The molecule has 0 atom stereocenters. The minimum atomic E-state index is 0.578. The average Bonchev–Trinajstić information content (AvgIpc) is 2.72. The molecule has 0 aliphatic carbocycles. The topological polar surface area (TPSA) is 68.0 Å². The fraction of sp³-hybridized carbons (Fsp3) is 0.200. The van der Waals surface area contributed by atoms with Gasteiger partial charge in [0.05, 0.1) is 4.47 Å². The summed E-state index contributed by atoms with van der Waals surface area (Å²) in [6.45, 7) is 1.90. The van der Waals surface area contributed by atoms with Crippen LogP contribution in [0, 0.1) is 6.92 Å². The first-order valence-electron chi connectivity index (χ1n) is 5.05. The van der Waals surface area contributed by atoms with E-state index in [1.807, 2.05) is 17.4 Å². The van der Waals surface area contributed by atoms with Crippen molar-refractivity contribution < 1.29 is 0 Å². The van der Waals surface area contributed by atoms with Crippen LogP contribution < -0.4 is 5.32 Å². The summed E-state index contributed by atoms with van der Waals surface area (Å²) in [7, 11) is 1.79. The first-order valence-corrected chi connectivity index (χ1v) is 5.85. The number of nitrogens with zero attached hydrogens (tertiary/aromatic N) is 5. The zero-order valence-corrected chi connectivity index (χ0v) is 10.9. The van der Waals surface area contributed by atoms with Crippen LogP contribution in [0.1, 0.15) is 5.82 Å². The zero-order valence-electron chi connectivity index (χ0n) is 9.27. The molecule has 0 aliphatic heterocycles. The summed E-state index contributed by atoms with van der Waals surface area (Å²) < 4.78 is 2.79.